The third-order valence-electron chi connectivity index (χ3n) is 5.08. The van der Waals surface area contributed by atoms with Crippen LogP contribution in [0.2, 0.25) is 5.02 Å². The standard InChI is InChI=1S/C21H24ClF3N4S/c22-17-7-8-18(21(23,24)25)19(13-17)27-20(30)29(14-16-5-2-1-3-6-16)11-4-10-28-12-9-26-15-28/h1-2,7-9,12-13,15-16H,3-6,10-11,14H2,(H,27,30). The molecule has 0 fully saturated rings. The van der Waals surface area contributed by atoms with Crippen molar-refractivity contribution in [3.8, 4) is 0 Å². The van der Waals surface area contributed by atoms with Crippen molar-refractivity contribution in [2.75, 3.05) is 18.4 Å². The molecular formula is C21H24ClF3N4S. The maximum atomic E-state index is 13.4. The predicted molar refractivity (Wildman–Crippen MR) is 118 cm³/mol. The smallest absolute Gasteiger partial charge is 0.349 e. The predicted octanol–water partition coefficient (Wildman–Crippen LogP) is 6.00. The molecule has 1 aliphatic rings. The summed E-state index contributed by atoms with van der Waals surface area (Å²) in [5.41, 5.74) is -0.906. The van der Waals surface area contributed by atoms with Gasteiger partial charge in [0.1, 0.15) is 0 Å². The van der Waals surface area contributed by atoms with Gasteiger partial charge in [0.2, 0.25) is 0 Å². The molecule has 1 aromatic heterocycles. The first-order valence-corrected chi connectivity index (χ1v) is 10.6. The summed E-state index contributed by atoms with van der Waals surface area (Å²) in [4.78, 5) is 6.00. The van der Waals surface area contributed by atoms with Gasteiger partial charge in [-0.3, -0.25) is 0 Å². The SMILES string of the molecule is FC(F)(F)c1ccc(Cl)cc1NC(=S)N(CCCn1ccnc1)CC1CC=CCC1. The van der Waals surface area contributed by atoms with Crippen LogP contribution in [0.25, 0.3) is 0 Å². The van der Waals surface area contributed by atoms with E-state index in [9.17, 15) is 13.2 Å². The Morgan fingerprint density at radius 2 is 2.17 bits per heavy atom. The molecule has 30 heavy (non-hydrogen) atoms. The lowest BCUT2D eigenvalue weighted by atomic mass is 9.94. The Kier molecular flexibility index (Phi) is 7.77. The van der Waals surface area contributed by atoms with Crippen molar-refractivity contribution in [3.63, 3.8) is 0 Å². The number of nitrogens with zero attached hydrogens (tertiary/aromatic N) is 3. The number of aryl methyl sites for hydroxylation is 1. The highest BCUT2D eigenvalue weighted by Crippen LogP contribution is 2.36. The van der Waals surface area contributed by atoms with Gasteiger partial charge in [-0.2, -0.15) is 13.2 Å². The van der Waals surface area contributed by atoms with E-state index in [0.29, 0.717) is 19.0 Å². The molecule has 1 aromatic carbocycles. The van der Waals surface area contributed by atoms with Gasteiger partial charge in [-0.25, -0.2) is 4.98 Å². The van der Waals surface area contributed by atoms with E-state index in [1.807, 2.05) is 15.7 Å². The minimum Gasteiger partial charge on any atom is -0.349 e. The van der Waals surface area contributed by atoms with Crippen molar-refractivity contribution in [2.45, 2.75) is 38.4 Å². The number of aromatic nitrogens is 2. The van der Waals surface area contributed by atoms with Crippen molar-refractivity contribution in [2.24, 2.45) is 5.92 Å². The minimum absolute atomic E-state index is 0.122. The number of rotatable bonds is 7. The Morgan fingerprint density at radius 1 is 1.33 bits per heavy atom. The fourth-order valence-corrected chi connectivity index (χ4v) is 3.98. The number of alkyl halides is 3. The van der Waals surface area contributed by atoms with Gasteiger partial charge in [0, 0.05) is 37.1 Å². The van der Waals surface area contributed by atoms with Crippen molar-refractivity contribution in [3.05, 3.63) is 59.7 Å². The quantitative estimate of drug-likeness (QED) is 0.409. The lowest BCUT2D eigenvalue weighted by molar-refractivity contribution is -0.136. The molecule has 4 nitrogen and oxygen atoms in total. The van der Waals surface area contributed by atoms with Gasteiger partial charge >= 0.3 is 6.18 Å². The Morgan fingerprint density at radius 3 is 2.83 bits per heavy atom. The molecule has 0 bridgehead atoms. The van der Waals surface area contributed by atoms with Gasteiger partial charge in [0.15, 0.2) is 5.11 Å². The molecular weight excluding hydrogens is 433 g/mol. The van der Waals surface area contributed by atoms with Gasteiger partial charge in [-0.1, -0.05) is 23.8 Å². The second-order valence-corrected chi connectivity index (χ2v) is 8.19. The molecule has 0 spiro atoms. The van der Waals surface area contributed by atoms with E-state index in [1.165, 1.54) is 12.1 Å². The highest BCUT2D eigenvalue weighted by Gasteiger charge is 2.34. The number of allylic oxidation sites excluding steroid dienone is 2. The molecule has 0 amide bonds. The van der Waals surface area contributed by atoms with E-state index < -0.39 is 11.7 Å². The van der Waals surface area contributed by atoms with Gasteiger partial charge in [-0.05, 0) is 62.0 Å². The van der Waals surface area contributed by atoms with Crippen molar-refractivity contribution >= 4 is 34.6 Å². The van der Waals surface area contributed by atoms with Crippen LogP contribution in [-0.2, 0) is 12.7 Å². The molecule has 3 rings (SSSR count). The minimum atomic E-state index is -4.50. The maximum Gasteiger partial charge on any atom is 0.418 e. The van der Waals surface area contributed by atoms with Crippen LogP contribution in [0.5, 0.6) is 0 Å². The molecule has 1 atom stereocenters. The van der Waals surface area contributed by atoms with Gasteiger partial charge in [0.25, 0.3) is 0 Å². The molecule has 0 saturated carbocycles. The number of thiocarbonyl (C=S) groups is 1. The van der Waals surface area contributed by atoms with E-state index in [1.54, 1.807) is 12.5 Å². The van der Waals surface area contributed by atoms with Crippen LogP contribution in [0.3, 0.4) is 0 Å². The van der Waals surface area contributed by atoms with E-state index in [-0.39, 0.29) is 15.8 Å². The fourth-order valence-electron chi connectivity index (χ4n) is 3.53. The molecule has 162 valence electrons. The largest absolute Gasteiger partial charge is 0.418 e. The van der Waals surface area contributed by atoms with E-state index in [0.717, 1.165) is 38.3 Å². The summed E-state index contributed by atoms with van der Waals surface area (Å²) in [6.45, 7) is 2.09. The Bertz CT molecular complexity index is 868. The lowest BCUT2D eigenvalue weighted by Crippen LogP contribution is -2.40. The average Bonchev–Trinajstić information content (AvgIpc) is 3.20. The van der Waals surface area contributed by atoms with Crippen molar-refractivity contribution in [1.82, 2.24) is 14.5 Å². The zero-order valence-electron chi connectivity index (χ0n) is 16.4. The summed E-state index contributed by atoms with van der Waals surface area (Å²) in [6.07, 6.45) is 8.98. The lowest BCUT2D eigenvalue weighted by Gasteiger charge is -2.31. The Balaban J connectivity index is 1.72. The molecule has 1 unspecified atom stereocenters. The van der Waals surface area contributed by atoms with Crippen LogP contribution in [0.4, 0.5) is 18.9 Å². The normalized spacial score (nSPS) is 16.5. The molecule has 1 heterocycles. The van der Waals surface area contributed by atoms with Crippen LogP contribution < -0.4 is 5.32 Å². The number of anilines is 1. The second kappa shape index (κ2) is 10.3. The molecule has 0 radical (unpaired) electrons. The number of nitrogens with one attached hydrogen (secondary N) is 1. The summed E-state index contributed by atoms with van der Waals surface area (Å²) < 4.78 is 42.2. The summed E-state index contributed by atoms with van der Waals surface area (Å²) in [5, 5.41) is 3.31. The fraction of sp³-hybridized carbons (Fsp3) is 0.429. The van der Waals surface area contributed by atoms with E-state index in [2.05, 4.69) is 22.5 Å². The van der Waals surface area contributed by atoms with Gasteiger partial charge in [0.05, 0.1) is 17.6 Å². The first kappa shape index (κ1) is 22.6. The second-order valence-electron chi connectivity index (χ2n) is 7.37. The first-order valence-electron chi connectivity index (χ1n) is 9.86. The van der Waals surface area contributed by atoms with Crippen molar-refractivity contribution < 1.29 is 13.2 Å². The van der Waals surface area contributed by atoms with E-state index in [4.69, 9.17) is 23.8 Å². The summed E-state index contributed by atoms with van der Waals surface area (Å²) >= 11 is 11.5. The molecule has 2 aromatic rings. The molecule has 1 N–H and O–H groups in total. The topological polar surface area (TPSA) is 33.1 Å². The Hall–Kier alpha value is -2.06. The highest BCUT2D eigenvalue weighted by molar-refractivity contribution is 7.80. The van der Waals surface area contributed by atoms with Crippen LogP contribution in [-0.4, -0.2) is 32.7 Å². The number of hydrogen-bond acceptors (Lipinski definition) is 2. The van der Waals surface area contributed by atoms with Crippen molar-refractivity contribution in [1.29, 1.82) is 0 Å². The van der Waals surface area contributed by atoms with Gasteiger partial charge in [-0.15, -0.1) is 0 Å². The third-order valence-corrected chi connectivity index (χ3v) is 5.67. The van der Waals surface area contributed by atoms with Crippen LogP contribution in [0.15, 0.2) is 49.1 Å². The number of hydrogen-bond donors (Lipinski definition) is 1. The number of imidazole rings is 1. The van der Waals surface area contributed by atoms with Crippen LogP contribution in [0.1, 0.15) is 31.2 Å². The monoisotopic (exact) mass is 456 g/mol. The van der Waals surface area contributed by atoms with Crippen LogP contribution >= 0.6 is 23.8 Å². The molecule has 9 heteroatoms. The summed E-state index contributed by atoms with van der Waals surface area (Å²) in [7, 11) is 0. The average molecular weight is 457 g/mol. The zero-order valence-corrected chi connectivity index (χ0v) is 18.0. The zero-order chi connectivity index (χ0) is 21.6. The van der Waals surface area contributed by atoms with Crippen LogP contribution in [0, 0.1) is 5.92 Å². The summed E-state index contributed by atoms with van der Waals surface area (Å²) in [5.74, 6) is 0.421. The first-order chi connectivity index (χ1) is 14.3. The maximum absolute atomic E-state index is 13.4. The molecule has 0 saturated heterocycles. The summed E-state index contributed by atoms with van der Waals surface area (Å²) in [6, 6.07) is 3.47. The Labute approximate surface area is 184 Å². The highest BCUT2D eigenvalue weighted by atomic mass is 35.5. The molecule has 0 aliphatic heterocycles. The molecule has 1 aliphatic carbocycles. The number of halogens is 4. The third kappa shape index (κ3) is 6.47. The number of benzene rings is 1. The van der Waals surface area contributed by atoms with E-state index >= 15 is 0 Å². The van der Waals surface area contributed by atoms with Gasteiger partial charge < -0.3 is 14.8 Å².